The Morgan fingerprint density at radius 2 is 1.68 bits per heavy atom. The van der Waals surface area contributed by atoms with E-state index in [0.29, 0.717) is 31.2 Å². The Hall–Kier alpha value is -3.39. The van der Waals surface area contributed by atoms with Crippen LogP contribution in [0.15, 0.2) is 53.1 Å². The van der Waals surface area contributed by atoms with Gasteiger partial charge in [-0.15, -0.1) is 0 Å². The van der Waals surface area contributed by atoms with Gasteiger partial charge in [-0.2, -0.15) is 4.98 Å². The van der Waals surface area contributed by atoms with Gasteiger partial charge in [0.15, 0.2) is 0 Å². The van der Waals surface area contributed by atoms with Gasteiger partial charge in [0, 0.05) is 51.1 Å². The second-order valence-electron chi connectivity index (χ2n) is 8.29. The van der Waals surface area contributed by atoms with Crippen LogP contribution in [0.5, 0.6) is 11.5 Å². The van der Waals surface area contributed by atoms with Gasteiger partial charge < -0.3 is 18.9 Å². The van der Waals surface area contributed by atoms with E-state index < -0.39 is 0 Å². The molecule has 1 saturated heterocycles. The highest BCUT2D eigenvalue weighted by Crippen LogP contribution is 2.20. The van der Waals surface area contributed by atoms with Crippen molar-refractivity contribution in [1.29, 1.82) is 0 Å². The van der Waals surface area contributed by atoms with Gasteiger partial charge in [-0.1, -0.05) is 17.3 Å². The summed E-state index contributed by atoms with van der Waals surface area (Å²) in [6.07, 6.45) is 1.81. The van der Waals surface area contributed by atoms with Crippen molar-refractivity contribution in [3.05, 3.63) is 60.0 Å². The number of ether oxygens (including phenoxy) is 2. The molecule has 4 rings (SSSR count). The molecule has 2 heterocycles. The van der Waals surface area contributed by atoms with Crippen molar-refractivity contribution < 1.29 is 18.8 Å². The number of piperazine rings is 1. The monoisotopic (exact) mass is 464 g/mol. The third-order valence-electron chi connectivity index (χ3n) is 6.05. The number of carbonyl (C=O) groups excluding carboxylic acids is 1. The number of aryl methyl sites for hydroxylation is 1. The van der Waals surface area contributed by atoms with Crippen LogP contribution in [-0.2, 0) is 17.6 Å². The van der Waals surface area contributed by atoms with E-state index in [2.05, 4.69) is 27.2 Å². The van der Waals surface area contributed by atoms with Crippen molar-refractivity contribution in [2.45, 2.75) is 26.2 Å². The maximum absolute atomic E-state index is 12.7. The zero-order valence-electron chi connectivity index (χ0n) is 19.9. The smallest absolute Gasteiger partial charge is 0.227 e. The quantitative estimate of drug-likeness (QED) is 0.454. The highest BCUT2D eigenvalue weighted by atomic mass is 16.5. The molecule has 0 N–H and O–H groups in total. The van der Waals surface area contributed by atoms with Crippen LogP contribution in [0.3, 0.4) is 0 Å². The Labute approximate surface area is 200 Å². The molecule has 0 saturated carbocycles. The molecule has 1 aliphatic heterocycles. The summed E-state index contributed by atoms with van der Waals surface area (Å²) < 4.78 is 16.0. The Balaban J connectivity index is 1.18. The van der Waals surface area contributed by atoms with Crippen molar-refractivity contribution in [3.63, 3.8) is 0 Å². The number of rotatable bonds is 10. The maximum atomic E-state index is 12.7. The van der Waals surface area contributed by atoms with Crippen LogP contribution >= 0.6 is 0 Å². The van der Waals surface area contributed by atoms with Crippen LogP contribution in [0.25, 0.3) is 11.4 Å². The van der Waals surface area contributed by atoms with Gasteiger partial charge in [0.25, 0.3) is 0 Å². The number of nitrogens with zero attached hydrogens (tertiary/aromatic N) is 4. The molecular formula is C26H32N4O4. The molecule has 0 radical (unpaired) electrons. The van der Waals surface area contributed by atoms with Gasteiger partial charge >= 0.3 is 0 Å². The molecule has 1 amide bonds. The van der Waals surface area contributed by atoms with Gasteiger partial charge in [-0.25, -0.2) is 0 Å². The molecule has 8 nitrogen and oxygen atoms in total. The lowest BCUT2D eigenvalue weighted by Crippen LogP contribution is -2.49. The van der Waals surface area contributed by atoms with E-state index in [1.54, 1.807) is 7.11 Å². The van der Waals surface area contributed by atoms with Crippen molar-refractivity contribution in [2.24, 2.45) is 0 Å². The highest BCUT2D eigenvalue weighted by molar-refractivity contribution is 5.76. The predicted octanol–water partition coefficient (Wildman–Crippen LogP) is 3.46. The molecule has 3 aromatic rings. The normalized spacial score (nSPS) is 14.2. The lowest BCUT2D eigenvalue weighted by molar-refractivity contribution is -0.133. The molecule has 2 aromatic carbocycles. The van der Waals surface area contributed by atoms with Crippen LogP contribution in [0.1, 0.15) is 24.8 Å². The van der Waals surface area contributed by atoms with Crippen LogP contribution < -0.4 is 9.47 Å². The maximum Gasteiger partial charge on any atom is 0.227 e. The highest BCUT2D eigenvalue weighted by Gasteiger charge is 2.21. The van der Waals surface area contributed by atoms with E-state index in [1.165, 1.54) is 5.56 Å². The molecule has 1 aliphatic rings. The Morgan fingerprint density at radius 1 is 0.971 bits per heavy atom. The Morgan fingerprint density at radius 3 is 2.35 bits per heavy atom. The van der Waals surface area contributed by atoms with E-state index in [9.17, 15) is 4.79 Å². The van der Waals surface area contributed by atoms with Crippen LogP contribution in [0.4, 0.5) is 0 Å². The van der Waals surface area contributed by atoms with Crippen LogP contribution in [-0.4, -0.2) is 72.3 Å². The molecule has 0 bridgehead atoms. The molecule has 1 fully saturated rings. The van der Waals surface area contributed by atoms with E-state index in [1.807, 2.05) is 48.2 Å². The lowest BCUT2D eigenvalue weighted by Gasteiger charge is -2.34. The summed E-state index contributed by atoms with van der Waals surface area (Å²) in [5, 5.41) is 4.05. The summed E-state index contributed by atoms with van der Waals surface area (Å²) in [6, 6.07) is 15.8. The zero-order valence-corrected chi connectivity index (χ0v) is 19.9. The largest absolute Gasteiger partial charge is 0.497 e. The molecule has 1 aromatic heterocycles. The number of methoxy groups -OCH3 is 1. The molecule has 0 unspecified atom stereocenters. The van der Waals surface area contributed by atoms with Gasteiger partial charge in [0.1, 0.15) is 11.5 Å². The SMILES string of the molecule is CCOc1ccc(-c2noc(CCC(=O)N3CCN(CCc4ccc(OC)cc4)CC3)n2)cc1. The van der Waals surface area contributed by atoms with Crippen LogP contribution in [0.2, 0.25) is 0 Å². The fraction of sp³-hybridized carbons (Fsp3) is 0.423. The molecule has 0 atom stereocenters. The average Bonchev–Trinajstić information content (AvgIpc) is 3.36. The molecule has 8 heteroatoms. The van der Waals surface area contributed by atoms with Gasteiger partial charge in [-0.05, 0) is 55.3 Å². The standard InChI is InChI=1S/C26H32N4O4/c1-3-33-23-10-6-21(7-11-23)26-27-24(34-28-26)12-13-25(31)30-18-16-29(17-19-30)15-14-20-4-8-22(32-2)9-5-20/h4-11H,3,12-19H2,1-2H3. The molecule has 0 spiro atoms. The first-order valence-electron chi connectivity index (χ1n) is 11.8. The number of hydrogen-bond acceptors (Lipinski definition) is 7. The van der Waals surface area contributed by atoms with Crippen molar-refractivity contribution in [1.82, 2.24) is 19.9 Å². The van der Waals surface area contributed by atoms with Crippen molar-refractivity contribution in [2.75, 3.05) is 46.4 Å². The minimum absolute atomic E-state index is 0.135. The fourth-order valence-corrected chi connectivity index (χ4v) is 4.01. The number of amides is 1. The second kappa shape index (κ2) is 11.7. The van der Waals surface area contributed by atoms with E-state index in [0.717, 1.165) is 56.2 Å². The first-order chi connectivity index (χ1) is 16.6. The summed E-state index contributed by atoms with van der Waals surface area (Å²) in [7, 11) is 1.68. The van der Waals surface area contributed by atoms with E-state index in [-0.39, 0.29) is 5.91 Å². The van der Waals surface area contributed by atoms with Gasteiger partial charge in [0.05, 0.1) is 13.7 Å². The van der Waals surface area contributed by atoms with E-state index in [4.69, 9.17) is 14.0 Å². The minimum atomic E-state index is 0.135. The van der Waals surface area contributed by atoms with Crippen molar-refractivity contribution in [3.8, 4) is 22.9 Å². The summed E-state index contributed by atoms with van der Waals surface area (Å²) >= 11 is 0. The summed E-state index contributed by atoms with van der Waals surface area (Å²) in [6.45, 7) is 6.86. The average molecular weight is 465 g/mol. The molecule has 34 heavy (non-hydrogen) atoms. The number of aromatic nitrogens is 2. The lowest BCUT2D eigenvalue weighted by atomic mass is 10.1. The Bertz CT molecular complexity index is 1040. The Kier molecular flexibility index (Phi) is 8.14. The zero-order chi connectivity index (χ0) is 23.8. The third kappa shape index (κ3) is 6.35. The predicted molar refractivity (Wildman–Crippen MR) is 129 cm³/mol. The second-order valence-corrected chi connectivity index (χ2v) is 8.29. The summed E-state index contributed by atoms with van der Waals surface area (Å²) in [5.74, 6) is 2.83. The first-order valence-corrected chi connectivity index (χ1v) is 11.8. The fourth-order valence-electron chi connectivity index (χ4n) is 4.01. The number of hydrogen-bond donors (Lipinski definition) is 0. The number of carbonyl (C=O) groups is 1. The van der Waals surface area contributed by atoms with Gasteiger partial charge in [-0.3, -0.25) is 9.69 Å². The van der Waals surface area contributed by atoms with Crippen LogP contribution in [0, 0.1) is 0 Å². The van der Waals surface area contributed by atoms with Gasteiger partial charge in [0.2, 0.25) is 17.6 Å². The molecular weight excluding hydrogens is 432 g/mol. The summed E-state index contributed by atoms with van der Waals surface area (Å²) in [5.41, 5.74) is 2.15. The minimum Gasteiger partial charge on any atom is -0.497 e. The third-order valence-corrected chi connectivity index (χ3v) is 6.05. The summed E-state index contributed by atoms with van der Waals surface area (Å²) in [4.78, 5) is 21.5. The first kappa shape index (κ1) is 23.8. The topological polar surface area (TPSA) is 80.9 Å². The molecule has 0 aliphatic carbocycles. The van der Waals surface area contributed by atoms with Crippen molar-refractivity contribution >= 4 is 5.91 Å². The number of benzene rings is 2. The molecule has 180 valence electrons. The van der Waals surface area contributed by atoms with E-state index >= 15 is 0 Å².